The largest absolute Gasteiger partial charge is 0.469 e. The Morgan fingerprint density at radius 3 is 2.07 bits per heavy atom. The summed E-state index contributed by atoms with van der Waals surface area (Å²) in [6, 6.07) is -0.359. The van der Waals surface area contributed by atoms with Gasteiger partial charge in [0, 0.05) is 6.04 Å². The first kappa shape index (κ1) is 12.7. The van der Waals surface area contributed by atoms with Gasteiger partial charge < -0.3 is 14.8 Å². The van der Waals surface area contributed by atoms with Gasteiger partial charge in [0.15, 0.2) is 0 Å². The fourth-order valence-corrected chi connectivity index (χ4v) is 0.856. The predicted octanol–water partition coefficient (Wildman–Crippen LogP) is 0.930. The van der Waals surface area contributed by atoms with Crippen molar-refractivity contribution in [3.8, 4) is 0 Å². The van der Waals surface area contributed by atoms with Crippen molar-refractivity contribution in [1.82, 2.24) is 5.32 Å². The molecule has 14 heavy (non-hydrogen) atoms. The topological polar surface area (TPSA) is 64.6 Å². The fraction of sp³-hybridized carbons (Fsp3) is 0.778. The number of rotatable bonds is 3. The highest BCUT2D eigenvalue weighted by Gasteiger charge is 2.36. The summed E-state index contributed by atoms with van der Waals surface area (Å²) in [5, 5.41) is 2.52. The van der Waals surface area contributed by atoms with Gasteiger partial charge >= 0.3 is 12.1 Å². The van der Waals surface area contributed by atoms with Crippen LogP contribution in [0.3, 0.4) is 0 Å². The number of alkyl carbamates (subject to hydrolysis) is 1. The van der Waals surface area contributed by atoms with E-state index >= 15 is 0 Å². The Morgan fingerprint density at radius 2 is 1.71 bits per heavy atom. The van der Waals surface area contributed by atoms with Crippen molar-refractivity contribution in [2.24, 2.45) is 5.41 Å². The van der Waals surface area contributed by atoms with Crippen molar-refractivity contribution in [2.75, 3.05) is 14.2 Å². The molecule has 0 bridgehead atoms. The van der Waals surface area contributed by atoms with E-state index in [0.717, 1.165) is 0 Å². The normalized spacial score (nSPS) is 12.9. The van der Waals surface area contributed by atoms with Crippen LogP contribution < -0.4 is 5.32 Å². The second-order valence-electron chi connectivity index (χ2n) is 3.57. The van der Waals surface area contributed by atoms with Crippen LogP contribution in [0, 0.1) is 5.41 Å². The molecule has 0 spiro atoms. The van der Waals surface area contributed by atoms with Gasteiger partial charge in [-0.3, -0.25) is 4.79 Å². The van der Waals surface area contributed by atoms with E-state index in [-0.39, 0.29) is 12.0 Å². The third-order valence-corrected chi connectivity index (χ3v) is 2.31. The van der Waals surface area contributed by atoms with Gasteiger partial charge in [-0.25, -0.2) is 4.79 Å². The Hall–Kier alpha value is -1.26. The molecule has 5 nitrogen and oxygen atoms in total. The molecule has 0 rings (SSSR count). The van der Waals surface area contributed by atoms with Gasteiger partial charge in [-0.15, -0.1) is 0 Å². The average molecular weight is 203 g/mol. The molecule has 0 aliphatic heterocycles. The number of ether oxygens (including phenoxy) is 2. The molecule has 1 N–H and O–H groups in total. The van der Waals surface area contributed by atoms with Crippen LogP contribution >= 0.6 is 0 Å². The highest BCUT2D eigenvalue weighted by Crippen LogP contribution is 2.22. The zero-order valence-corrected chi connectivity index (χ0v) is 9.21. The molecule has 1 unspecified atom stereocenters. The third-order valence-electron chi connectivity index (χ3n) is 2.31. The third kappa shape index (κ3) is 2.90. The molecule has 0 radical (unpaired) electrons. The number of amides is 1. The SMILES string of the molecule is COC(=O)NC(C)C(C)(C)C(=O)OC. The van der Waals surface area contributed by atoms with Gasteiger partial charge in [0.2, 0.25) is 0 Å². The molecule has 0 heterocycles. The second-order valence-corrected chi connectivity index (χ2v) is 3.57. The van der Waals surface area contributed by atoms with E-state index in [1.54, 1.807) is 20.8 Å². The lowest BCUT2D eigenvalue weighted by Crippen LogP contribution is -2.47. The number of carbonyl (C=O) groups excluding carboxylic acids is 2. The molecule has 0 aliphatic carbocycles. The summed E-state index contributed by atoms with van der Waals surface area (Å²) >= 11 is 0. The van der Waals surface area contributed by atoms with Crippen LogP contribution in [0.1, 0.15) is 20.8 Å². The number of hydrogen-bond donors (Lipinski definition) is 1. The molecule has 1 amide bonds. The predicted molar refractivity (Wildman–Crippen MR) is 50.8 cm³/mol. The second kappa shape index (κ2) is 4.83. The number of hydrogen-bond acceptors (Lipinski definition) is 4. The van der Waals surface area contributed by atoms with Crippen molar-refractivity contribution in [3.63, 3.8) is 0 Å². The Kier molecular flexibility index (Phi) is 4.40. The van der Waals surface area contributed by atoms with Crippen LogP contribution in [0.2, 0.25) is 0 Å². The Morgan fingerprint density at radius 1 is 1.21 bits per heavy atom. The van der Waals surface area contributed by atoms with Gasteiger partial charge in [0.1, 0.15) is 0 Å². The van der Waals surface area contributed by atoms with Gasteiger partial charge in [0.05, 0.1) is 19.6 Å². The van der Waals surface area contributed by atoms with Crippen molar-refractivity contribution in [2.45, 2.75) is 26.8 Å². The summed E-state index contributed by atoms with van der Waals surface area (Å²) < 4.78 is 9.05. The maximum absolute atomic E-state index is 11.3. The van der Waals surface area contributed by atoms with Crippen molar-refractivity contribution in [1.29, 1.82) is 0 Å². The van der Waals surface area contributed by atoms with Crippen LogP contribution in [0.4, 0.5) is 4.79 Å². The molecule has 5 heteroatoms. The fourth-order valence-electron chi connectivity index (χ4n) is 0.856. The number of carbonyl (C=O) groups is 2. The molecule has 1 atom stereocenters. The van der Waals surface area contributed by atoms with Crippen LogP contribution in [-0.2, 0) is 14.3 Å². The number of nitrogens with one attached hydrogen (secondary N) is 1. The number of methoxy groups -OCH3 is 2. The Labute approximate surface area is 83.8 Å². The first-order valence-corrected chi connectivity index (χ1v) is 4.29. The minimum absolute atomic E-state index is 0.359. The van der Waals surface area contributed by atoms with E-state index in [1.165, 1.54) is 14.2 Å². The summed E-state index contributed by atoms with van der Waals surface area (Å²) in [5.74, 6) is -0.374. The summed E-state index contributed by atoms with van der Waals surface area (Å²) in [5.41, 5.74) is -0.775. The molecule has 0 aromatic heterocycles. The van der Waals surface area contributed by atoms with Crippen LogP contribution in [-0.4, -0.2) is 32.3 Å². The van der Waals surface area contributed by atoms with E-state index in [2.05, 4.69) is 14.8 Å². The molecular formula is C9H17NO4. The molecule has 0 aromatic rings. The number of esters is 1. The monoisotopic (exact) mass is 203 g/mol. The van der Waals surface area contributed by atoms with Crippen LogP contribution in [0.25, 0.3) is 0 Å². The maximum atomic E-state index is 11.3. The zero-order valence-electron chi connectivity index (χ0n) is 9.21. The molecular weight excluding hydrogens is 186 g/mol. The van der Waals surface area contributed by atoms with E-state index in [0.29, 0.717) is 0 Å². The van der Waals surface area contributed by atoms with Gasteiger partial charge in [-0.1, -0.05) is 0 Å². The minimum Gasteiger partial charge on any atom is -0.469 e. The molecule has 0 aromatic carbocycles. The van der Waals surface area contributed by atoms with E-state index in [9.17, 15) is 9.59 Å². The molecule has 0 fully saturated rings. The van der Waals surface area contributed by atoms with Gasteiger partial charge in [-0.05, 0) is 20.8 Å². The van der Waals surface area contributed by atoms with Crippen LogP contribution in [0.5, 0.6) is 0 Å². The Bertz CT molecular complexity index is 225. The quantitative estimate of drug-likeness (QED) is 0.693. The summed E-state index contributed by atoms with van der Waals surface area (Å²) in [4.78, 5) is 22.2. The molecule has 0 saturated carbocycles. The maximum Gasteiger partial charge on any atom is 0.407 e. The Balaban J connectivity index is 4.42. The average Bonchev–Trinajstić information content (AvgIpc) is 2.15. The molecule has 0 saturated heterocycles. The van der Waals surface area contributed by atoms with Gasteiger partial charge in [-0.2, -0.15) is 0 Å². The minimum atomic E-state index is -0.775. The lowest BCUT2D eigenvalue weighted by molar-refractivity contribution is -0.152. The summed E-state index contributed by atoms with van der Waals surface area (Å²) in [6.45, 7) is 5.10. The standard InChI is InChI=1S/C9H17NO4/c1-6(10-8(12)14-5)9(2,3)7(11)13-4/h6H,1-5H3,(H,10,12). The van der Waals surface area contributed by atoms with E-state index in [4.69, 9.17) is 0 Å². The lowest BCUT2D eigenvalue weighted by Gasteiger charge is -2.28. The smallest absolute Gasteiger partial charge is 0.407 e. The highest BCUT2D eigenvalue weighted by atomic mass is 16.5. The van der Waals surface area contributed by atoms with Crippen molar-refractivity contribution in [3.05, 3.63) is 0 Å². The van der Waals surface area contributed by atoms with Gasteiger partial charge in [0.25, 0.3) is 0 Å². The van der Waals surface area contributed by atoms with E-state index < -0.39 is 11.5 Å². The summed E-state index contributed by atoms with van der Waals surface area (Å²) in [6.07, 6.45) is -0.561. The molecule has 0 aliphatic rings. The van der Waals surface area contributed by atoms with Crippen LogP contribution in [0.15, 0.2) is 0 Å². The van der Waals surface area contributed by atoms with Crippen molar-refractivity contribution >= 4 is 12.1 Å². The zero-order chi connectivity index (χ0) is 11.4. The first-order valence-electron chi connectivity index (χ1n) is 4.29. The lowest BCUT2D eigenvalue weighted by atomic mass is 9.85. The van der Waals surface area contributed by atoms with Crippen molar-refractivity contribution < 1.29 is 19.1 Å². The summed E-state index contributed by atoms with van der Waals surface area (Å²) in [7, 11) is 2.59. The van der Waals surface area contributed by atoms with E-state index in [1.807, 2.05) is 0 Å². The molecule has 82 valence electrons. The first-order chi connectivity index (χ1) is 6.36. The highest BCUT2D eigenvalue weighted by molar-refractivity contribution is 5.78.